The van der Waals surface area contributed by atoms with Crippen LogP contribution in [0.5, 0.6) is 5.75 Å². The SMILES string of the molecule is CCOc1c(C)cc(C(O)CN2CCNCC2)cc1C. The van der Waals surface area contributed by atoms with Crippen molar-refractivity contribution in [2.45, 2.75) is 26.9 Å². The Morgan fingerprint density at radius 3 is 2.40 bits per heavy atom. The van der Waals surface area contributed by atoms with Gasteiger partial charge in [-0.25, -0.2) is 0 Å². The highest BCUT2D eigenvalue weighted by atomic mass is 16.5. The molecule has 1 heterocycles. The maximum Gasteiger partial charge on any atom is 0.125 e. The summed E-state index contributed by atoms with van der Waals surface area (Å²) < 4.78 is 5.65. The molecule has 0 saturated carbocycles. The van der Waals surface area contributed by atoms with Crippen LogP contribution >= 0.6 is 0 Å². The molecule has 1 atom stereocenters. The minimum atomic E-state index is -0.429. The molecule has 2 rings (SSSR count). The number of rotatable bonds is 5. The van der Waals surface area contributed by atoms with Crippen molar-refractivity contribution in [3.05, 3.63) is 28.8 Å². The number of piperazine rings is 1. The van der Waals surface area contributed by atoms with Crippen molar-refractivity contribution in [2.24, 2.45) is 0 Å². The molecule has 0 aromatic heterocycles. The zero-order chi connectivity index (χ0) is 14.5. The summed E-state index contributed by atoms with van der Waals surface area (Å²) in [7, 11) is 0. The summed E-state index contributed by atoms with van der Waals surface area (Å²) in [5.74, 6) is 0.950. The van der Waals surface area contributed by atoms with Gasteiger partial charge in [0.2, 0.25) is 0 Å². The van der Waals surface area contributed by atoms with Crippen LogP contribution in [0, 0.1) is 13.8 Å². The van der Waals surface area contributed by atoms with E-state index in [9.17, 15) is 5.11 Å². The van der Waals surface area contributed by atoms with Gasteiger partial charge in [-0.05, 0) is 49.6 Å². The molecule has 1 aliphatic heterocycles. The number of aliphatic hydroxyl groups excluding tert-OH is 1. The summed E-state index contributed by atoms with van der Waals surface area (Å²) in [4.78, 5) is 2.31. The molecule has 4 nitrogen and oxygen atoms in total. The lowest BCUT2D eigenvalue weighted by molar-refractivity contribution is 0.105. The van der Waals surface area contributed by atoms with Crippen molar-refractivity contribution in [1.29, 1.82) is 0 Å². The minimum Gasteiger partial charge on any atom is -0.493 e. The number of ether oxygens (including phenoxy) is 1. The molecule has 1 aromatic carbocycles. The molecule has 0 bridgehead atoms. The summed E-state index contributed by atoms with van der Waals surface area (Å²) in [6.45, 7) is 11.5. The predicted molar refractivity (Wildman–Crippen MR) is 81.4 cm³/mol. The molecule has 112 valence electrons. The molecule has 0 radical (unpaired) electrons. The summed E-state index contributed by atoms with van der Waals surface area (Å²) in [6, 6.07) is 4.09. The van der Waals surface area contributed by atoms with Crippen molar-refractivity contribution in [3.63, 3.8) is 0 Å². The van der Waals surface area contributed by atoms with Crippen molar-refractivity contribution >= 4 is 0 Å². The van der Waals surface area contributed by atoms with Gasteiger partial charge in [0.1, 0.15) is 5.75 Å². The monoisotopic (exact) mass is 278 g/mol. The van der Waals surface area contributed by atoms with E-state index in [1.165, 1.54) is 0 Å². The highest BCUT2D eigenvalue weighted by Gasteiger charge is 2.17. The van der Waals surface area contributed by atoms with Gasteiger partial charge in [-0.2, -0.15) is 0 Å². The van der Waals surface area contributed by atoms with E-state index in [0.29, 0.717) is 13.2 Å². The van der Waals surface area contributed by atoms with Crippen molar-refractivity contribution < 1.29 is 9.84 Å². The lowest BCUT2D eigenvalue weighted by Crippen LogP contribution is -2.44. The number of nitrogens with one attached hydrogen (secondary N) is 1. The van der Waals surface area contributed by atoms with Gasteiger partial charge in [0.05, 0.1) is 12.7 Å². The standard InChI is InChI=1S/C16H26N2O2/c1-4-20-16-12(2)9-14(10-13(16)3)15(19)11-18-7-5-17-6-8-18/h9-10,15,17,19H,4-8,11H2,1-3H3. The Morgan fingerprint density at radius 1 is 1.25 bits per heavy atom. The fourth-order valence-corrected chi connectivity index (χ4v) is 2.79. The van der Waals surface area contributed by atoms with Crippen LogP contribution in [0.2, 0.25) is 0 Å². The molecule has 0 amide bonds. The van der Waals surface area contributed by atoms with E-state index >= 15 is 0 Å². The van der Waals surface area contributed by atoms with Crippen molar-refractivity contribution in [2.75, 3.05) is 39.3 Å². The first-order chi connectivity index (χ1) is 9.61. The first kappa shape index (κ1) is 15.3. The third-order valence-corrected chi connectivity index (χ3v) is 3.80. The van der Waals surface area contributed by atoms with Crippen molar-refractivity contribution in [1.82, 2.24) is 10.2 Å². The Balaban J connectivity index is 2.07. The summed E-state index contributed by atoms with van der Waals surface area (Å²) in [6.07, 6.45) is -0.429. The summed E-state index contributed by atoms with van der Waals surface area (Å²) in [5, 5.41) is 13.8. The third-order valence-electron chi connectivity index (χ3n) is 3.80. The lowest BCUT2D eigenvalue weighted by Gasteiger charge is -2.29. The van der Waals surface area contributed by atoms with Crippen LogP contribution < -0.4 is 10.1 Å². The van der Waals surface area contributed by atoms with Gasteiger partial charge >= 0.3 is 0 Å². The van der Waals surface area contributed by atoms with E-state index in [4.69, 9.17) is 4.74 Å². The number of nitrogens with zero attached hydrogens (tertiary/aromatic N) is 1. The van der Waals surface area contributed by atoms with E-state index in [1.807, 2.05) is 32.9 Å². The Bertz CT molecular complexity index is 419. The van der Waals surface area contributed by atoms with Gasteiger partial charge in [-0.1, -0.05) is 0 Å². The second-order valence-electron chi connectivity index (χ2n) is 5.48. The smallest absolute Gasteiger partial charge is 0.125 e. The normalized spacial score (nSPS) is 18.0. The van der Waals surface area contributed by atoms with E-state index < -0.39 is 6.10 Å². The molecule has 0 aliphatic carbocycles. The molecule has 1 aromatic rings. The van der Waals surface area contributed by atoms with Crippen LogP contribution in [0.1, 0.15) is 29.7 Å². The van der Waals surface area contributed by atoms with Crippen LogP contribution in [0.4, 0.5) is 0 Å². The molecule has 1 aliphatic rings. The predicted octanol–water partition coefficient (Wildman–Crippen LogP) is 1.64. The Hall–Kier alpha value is -1.10. The lowest BCUT2D eigenvalue weighted by atomic mass is 10.0. The van der Waals surface area contributed by atoms with E-state index in [0.717, 1.165) is 48.6 Å². The van der Waals surface area contributed by atoms with Crippen LogP contribution in [0.25, 0.3) is 0 Å². The largest absolute Gasteiger partial charge is 0.493 e. The number of β-amino-alcohol motifs (C(OH)–C–C–N with tert-alkyl or cyclic N) is 1. The van der Waals surface area contributed by atoms with Gasteiger partial charge in [-0.15, -0.1) is 0 Å². The number of benzene rings is 1. The van der Waals surface area contributed by atoms with Gasteiger partial charge in [0.15, 0.2) is 0 Å². The van der Waals surface area contributed by atoms with Gasteiger partial charge < -0.3 is 15.2 Å². The zero-order valence-electron chi connectivity index (χ0n) is 12.8. The molecule has 2 N–H and O–H groups in total. The molecule has 0 spiro atoms. The number of hydrogen-bond acceptors (Lipinski definition) is 4. The van der Waals surface area contributed by atoms with Gasteiger partial charge in [0.25, 0.3) is 0 Å². The van der Waals surface area contributed by atoms with Crippen LogP contribution in [0.3, 0.4) is 0 Å². The maximum absolute atomic E-state index is 10.4. The minimum absolute atomic E-state index is 0.429. The Morgan fingerprint density at radius 2 is 1.85 bits per heavy atom. The molecule has 1 unspecified atom stereocenters. The molecular weight excluding hydrogens is 252 g/mol. The molecular formula is C16H26N2O2. The second-order valence-corrected chi connectivity index (χ2v) is 5.48. The average molecular weight is 278 g/mol. The highest BCUT2D eigenvalue weighted by Crippen LogP contribution is 2.28. The third kappa shape index (κ3) is 3.72. The van der Waals surface area contributed by atoms with E-state index in [1.54, 1.807) is 0 Å². The van der Waals surface area contributed by atoms with E-state index in [-0.39, 0.29) is 0 Å². The first-order valence-electron chi connectivity index (χ1n) is 7.47. The molecule has 20 heavy (non-hydrogen) atoms. The first-order valence-corrected chi connectivity index (χ1v) is 7.47. The topological polar surface area (TPSA) is 44.7 Å². The summed E-state index contributed by atoms with van der Waals surface area (Å²) >= 11 is 0. The molecule has 4 heteroatoms. The van der Waals surface area contributed by atoms with Gasteiger partial charge in [-0.3, -0.25) is 4.90 Å². The number of hydrogen-bond donors (Lipinski definition) is 2. The highest BCUT2D eigenvalue weighted by molar-refractivity contribution is 5.44. The Kier molecular flexibility index (Phi) is 5.40. The molecule has 1 saturated heterocycles. The second kappa shape index (κ2) is 7.07. The maximum atomic E-state index is 10.4. The van der Waals surface area contributed by atoms with Crippen LogP contribution in [-0.2, 0) is 0 Å². The van der Waals surface area contributed by atoms with Crippen LogP contribution in [-0.4, -0.2) is 49.3 Å². The fraction of sp³-hybridized carbons (Fsp3) is 0.625. The quantitative estimate of drug-likeness (QED) is 0.859. The van der Waals surface area contributed by atoms with E-state index in [2.05, 4.69) is 10.2 Å². The fourth-order valence-electron chi connectivity index (χ4n) is 2.79. The summed E-state index contributed by atoms with van der Waals surface area (Å²) in [5.41, 5.74) is 3.18. The average Bonchev–Trinajstić information content (AvgIpc) is 2.43. The molecule has 1 fully saturated rings. The number of aryl methyl sites for hydroxylation is 2. The Labute approximate surface area is 121 Å². The van der Waals surface area contributed by atoms with Crippen LogP contribution in [0.15, 0.2) is 12.1 Å². The van der Waals surface area contributed by atoms with Crippen molar-refractivity contribution in [3.8, 4) is 5.75 Å². The van der Waals surface area contributed by atoms with Gasteiger partial charge in [0, 0.05) is 32.7 Å². The number of aliphatic hydroxyl groups is 1. The zero-order valence-corrected chi connectivity index (χ0v) is 12.8.